The lowest BCUT2D eigenvalue weighted by Gasteiger charge is -2.07. The van der Waals surface area contributed by atoms with Crippen LogP contribution in [0.25, 0.3) is 5.69 Å². The molecule has 0 spiro atoms. The highest BCUT2D eigenvalue weighted by atomic mass is 16.4. The molecule has 8 heteroatoms. The number of nitrogens with one attached hydrogen (secondary N) is 1. The molecule has 2 heterocycles. The predicted molar refractivity (Wildman–Crippen MR) is 96.9 cm³/mol. The van der Waals surface area contributed by atoms with Gasteiger partial charge in [-0.3, -0.25) is 14.8 Å². The van der Waals surface area contributed by atoms with Gasteiger partial charge < -0.3 is 5.11 Å². The molecule has 26 heavy (non-hydrogen) atoms. The van der Waals surface area contributed by atoms with Gasteiger partial charge in [0.25, 0.3) is 0 Å². The third kappa shape index (κ3) is 3.97. The number of benzene rings is 1. The minimum atomic E-state index is -1.13. The number of hydrogen-bond acceptors (Lipinski definition) is 4. The van der Waals surface area contributed by atoms with Crippen molar-refractivity contribution in [3.05, 3.63) is 70.4 Å². The summed E-state index contributed by atoms with van der Waals surface area (Å²) in [7, 11) is 0. The van der Waals surface area contributed by atoms with Crippen molar-refractivity contribution in [2.75, 3.05) is 5.32 Å². The van der Waals surface area contributed by atoms with Crippen LogP contribution in [0.2, 0.25) is 0 Å². The van der Waals surface area contributed by atoms with E-state index in [-0.39, 0.29) is 11.5 Å². The summed E-state index contributed by atoms with van der Waals surface area (Å²) in [5.74, 6) is 0. The molecule has 0 radical (unpaired) electrons. The van der Waals surface area contributed by atoms with Crippen LogP contribution < -0.4 is 10.7 Å². The van der Waals surface area contributed by atoms with E-state index in [1.807, 2.05) is 30.8 Å². The van der Waals surface area contributed by atoms with Crippen molar-refractivity contribution in [3.63, 3.8) is 0 Å². The number of carbonyl (C=O) groups is 1. The minimum Gasteiger partial charge on any atom is -0.465 e. The molecule has 1 amide bonds. The van der Waals surface area contributed by atoms with E-state index in [1.165, 1.54) is 6.07 Å². The van der Waals surface area contributed by atoms with Gasteiger partial charge >= 0.3 is 6.09 Å². The van der Waals surface area contributed by atoms with Gasteiger partial charge in [-0.05, 0) is 31.5 Å². The van der Waals surface area contributed by atoms with Gasteiger partial charge in [-0.25, -0.2) is 9.48 Å². The first kappa shape index (κ1) is 17.4. The number of anilines is 1. The molecule has 0 aliphatic rings. The second-order valence-corrected chi connectivity index (χ2v) is 6.15. The molecule has 0 aliphatic heterocycles. The molecule has 0 bridgehead atoms. The molecule has 2 N–H and O–H groups in total. The molecule has 2 aromatic heterocycles. The number of rotatable bonds is 5. The Hall–Kier alpha value is -3.42. The summed E-state index contributed by atoms with van der Waals surface area (Å²) >= 11 is 0. The second-order valence-electron chi connectivity index (χ2n) is 6.15. The van der Waals surface area contributed by atoms with Gasteiger partial charge in [0.05, 0.1) is 12.4 Å². The largest absolute Gasteiger partial charge is 0.465 e. The number of aromatic nitrogens is 4. The van der Waals surface area contributed by atoms with Gasteiger partial charge in [-0.1, -0.05) is 12.1 Å². The van der Waals surface area contributed by atoms with E-state index in [1.54, 1.807) is 35.3 Å². The Balaban J connectivity index is 1.88. The summed E-state index contributed by atoms with van der Waals surface area (Å²) in [6.45, 7) is 4.05. The maximum Gasteiger partial charge on any atom is 0.409 e. The van der Waals surface area contributed by atoms with E-state index in [9.17, 15) is 9.59 Å². The minimum absolute atomic E-state index is 0.172. The molecule has 3 aromatic rings. The molecule has 0 saturated carbocycles. The van der Waals surface area contributed by atoms with E-state index in [0.717, 1.165) is 11.3 Å². The lowest BCUT2D eigenvalue weighted by Crippen LogP contribution is -2.16. The number of hydrogen-bond donors (Lipinski definition) is 2. The molecule has 134 valence electrons. The SMILES string of the molecule is CC(C)n1cc(-n2ccc(=O)c(Cc3cccc(NC(=O)O)c3)n2)cn1. The monoisotopic (exact) mass is 353 g/mol. The maximum atomic E-state index is 12.2. The van der Waals surface area contributed by atoms with Gasteiger partial charge in [0.15, 0.2) is 0 Å². The molecular weight excluding hydrogens is 334 g/mol. The third-order valence-electron chi connectivity index (χ3n) is 3.81. The lowest BCUT2D eigenvalue weighted by molar-refractivity contribution is 0.210. The van der Waals surface area contributed by atoms with Crippen LogP contribution in [0.15, 0.2) is 53.7 Å². The highest BCUT2D eigenvalue weighted by molar-refractivity contribution is 5.82. The fourth-order valence-electron chi connectivity index (χ4n) is 2.52. The number of amides is 1. The standard InChI is InChI=1S/C18H19N5O3/c1-12(2)23-11-15(10-19-23)22-7-6-17(24)16(21-22)9-13-4-3-5-14(8-13)20-18(25)26/h3-8,10-12,20H,9H2,1-2H3,(H,25,26). The Kier molecular flexibility index (Phi) is 4.83. The van der Waals surface area contributed by atoms with Crippen molar-refractivity contribution in [1.82, 2.24) is 19.6 Å². The van der Waals surface area contributed by atoms with Crippen molar-refractivity contribution in [1.29, 1.82) is 0 Å². The summed E-state index contributed by atoms with van der Waals surface area (Å²) in [4.78, 5) is 22.9. The average molecular weight is 353 g/mol. The van der Waals surface area contributed by atoms with Crippen LogP contribution in [0.1, 0.15) is 31.1 Å². The maximum absolute atomic E-state index is 12.2. The van der Waals surface area contributed by atoms with Gasteiger partial charge in [-0.2, -0.15) is 10.2 Å². The summed E-state index contributed by atoms with van der Waals surface area (Å²) in [5, 5.41) is 19.8. The van der Waals surface area contributed by atoms with Gasteiger partial charge in [0.1, 0.15) is 11.4 Å². The van der Waals surface area contributed by atoms with E-state index in [2.05, 4.69) is 15.5 Å². The first-order chi connectivity index (χ1) is 12.4. The Labute approximate surface area is 149 Å². The van der Waals surface area contributed by atoms with E-state index in [0.29, 0.717) is 17.8 Å². The predicted octanol–water partition coefficient (Wildman–Crippen LogP) is 2.69. The first-order valence-corrected chi connectivity index (χ1v) is 8.14. The molecule has 0 unspecified atom stereocenters. The number of carboxylic acid groups (broad SMARTS) is 1. The van der Waals surface area contributed by atoms with Crippen LogP contribution in [0, 0.1) is 0 Å². The summed E-state index contributed by atoms with van der Waals surface area (Å²) in [6, 6.07) is 8.58. The summed E-state index contributed by atoms with van der Waals surface area (Å²) < 4.78 is 3.43. The van der Waals surface area contributed by atoms with Gasteiger partial charge in [0, 0.05) is 30.4 Å². The van der Waals surface area contributed by atoms with Gasteiger partial charge in [0.2, 0.25) is 5.43 Å². The summed E-state index contributed by atoms with van der Waals surface area (Å²) in [6.07, 6.45) is 4.33. The zero-order valence-corrected chi connectivity index (χ0v) is 14.5. The van der Waals surface area contributed by atoms with E-state index >= 15 is 0 Å². The topological polar surface area (TPSA) is 102 Å². The molecule has 0 saturated heterocycles. The highest BCUT2D eigenvalue weighted by Crippen LogP contribution is 2.13. The second kappa shape index (κ2) is 7.22. The third-order valence-corrected chi connectivity index (χ3v) is 3.81. The molecule has 1 aromatic carbocycles. The molecule has 3 rings (SSSR count). The van der Waals surface area contributed by atoms with Crippen LogP contribution in [0.4, 0.5) is 10.5 Å². The zero-order valence-electron chi connectivity index (χ0n) is 14.5. The summed E-state index contributed by atoms with van der Waals surface area (Å²) in [5.41, 5.74) is 2.20. The van der Waals surface area contributed by atoms with Crippen LogP contribution >= 0.6 is 0 Å². The van der Waals surface area contributed by atoms with Crippen molar-refractivity contribution < 1.29 is 9.90 Å². The van der Waals surface area contributed by atoms with Crippen LogP contribution in [0.5, 0.6) is 0 Å². The molecule has 8 nitrogen and oxygen atoms in total. The van der Waals surface area contributed by atoms with Crippen molar-refractivity contribution in [3.8, 4) is 5.69 Å². The smallest absolute Gasteiger partial charge is 0.409 e. The zero-order chi connectivity index (χ0) is 18.7. The van der Waals surface area contributed by atoms with Crippen LogP contribution in [0.3, 0.4) is 0 Å². The fourth-order valence-corrected chi connectivity index (χ4v) is 2.52. The van der Waals surface area contributed by atoms with E-state index in [4.69, 9.17) is 5.11 Å². The Morgan fingerprint density at radius 1 is 1.31 bits per heavy atom. The van der Waals surface area contributed by atoms with Crippen LogP contribution in [-0.4, -0.2) is 30.8 Å². The Morgan fingerprint density at radius 3 is 2.81 bits per heavy atom. The molecule has 0 aliphatic carbocycles. The average Bonchev–Trinajstić information content (AvgIpc) is 3.07. The normalized spacial score (nSPS) is 10.9. The Bertz CT molecular complexity index is 990. The fraction of sp³-hybridized carbons (Fsp3) is 0.222. The Morgan fingerprint density at radius 2 is 2.12 bits per heavy atom. The molecular formula is C18H19N5O3. The van der Waals surface area contributed by atoms with E-state index < -0.39 is 6.09 Å². The van der Waals surface area contributed by atoms with Crippen molar-refractivity contribution >= 4 is 11.8 Å². The quantitative estimate of drug-likeness (QED) is 0.734. The molecule has 0 atom stereocenters. The number of nitrogens with zero attached hydrogens (tertiary/aromatic N) is 4. The van der Waals surface area contributed by atoms with Crippen LogP contribution in [-0.2, 0) is 6.42 Å². The van der Waals surface area contributed by atoms with Gasteiger partial charge in [-0.15, -0.1) is 0 Å². The van der Waals surface area contributed by atoms with Crippen molar-refractivity contribution in [2.45, 2.75) is 26.3 Å². The lowest BCUT2D eigenvalue weighted by atomic mass is 10.1. The first-order valence-electron chi connectivity index (χ1n) is 8.14. The highest BCUT2D eigenvalue weighted by Gasteiger charge is 2.09. The molecule has 0 fully saturated rings. The van der Waals surface area contributed by atoms with Crippen molar-refractivity contribution in [2.24, 2.45) is 0 Å².